The third kappa shape index (κ3) is 2.16. The normalized spacial score (nSPS) is 41.5. The van der Waals surface area contributed by atoms with Crippen molar-refractivity contribution in [3.05, 3.63) is 35.8 Å². The quantitative estimate of drug-likeness (QED) is 0.436. The molecule has 0 aromatic heterocycles. The monoisotopic (exact) mass is 370 g/mol. The van der Waals surface area contributed by atoms with Crippen LogP contribution in [0.5, 0.6) is 0 Å². The second-order valence-corrected chi connectivity index (χ2v) is 7.99. The Balaban J connectivity index is 1.54. The standard InChI is InChI=1S/C19H22N4O4/c1-23-7-6-19-11-3-4-13(24)17(19)27-16-14(26-9-21-22-18(20)25)5-2-10(15(16)19)8-12(11)23/h2-5,9-12,15,17H,6-8H2,1H3,(H3,20,22,25)/t10?,11-,12+,15?,17-,19-/m0/s1. The van der Waals surface area contributed by atoms with Crippen molar-refractivity contribution in [2.24, 2.45) is 34.0 Å². The number of carbonyl (C=O) groups excluding carboxylic acids is 2. The van der Waals surface area contributed by atoms with Gasteiger partial charge in [-0.05, 0) is 44.5 Å². The number of urea groups is 1. The summed E-state index contributed by atoms with van der Waals surface area (Å²) in [6.07, 6.45) is 10.5. The Labute approximate surface area is 156 Å². The zero-order chi connectivity index (χ0) is 18.8. The summed E-state index contributed by atoms with van der Waals surface area (Å²) in [4.78, 5) is 25.9. The first-order chi connectivity index (χ1) is 13.0. The molecule has 0 aromatic rings. The Bertz CT molecular complexity index is 832. The predicted molar refractivity (Wildman–Crippen MR) is 96.0 cm³/mol. The van der Waals surface area contributed by atoms with Crippen LogP contribution in [0.4, 0.5) is 4.79 Å². The Kier molecular flexibility index (Phi) is 3.49. The minimum atomic E-state index is -0.766. The second kappa shape index (κ2) is 5.69. The first kappa shape index (κ1) is 16.6. The minimum absolute atomic E-state index is 0.0421. The van der Waals surface area contributed by atoms with Crippen LogP contribution < -0.4 is 11.2 Å². The van der Waals surface area contributed by atoms with Crippen molar-refractivity contribution in [2.45, 2.75) is 25.0 Å². The number of nitrogens with one attached hydrogen (secondary N) is 1. The van der Waals surface area contributed by atoms with Crippen LogP contribution in [-0.4, -0.2) is 48.9 Å². The average Bonchev–Trinajstić information content (AvgIpc) is 2.99. The zero-order valence-electron chi connectivity index (χ0n) is 15.0. The number of allylic oxidation sites excluding steroid dienone is 3. The Morgan fingerprint density at radius 3 is 3.15 bits per heavy atom. The molecule has 6 atom stereocenters. The van der Waals surface area contributed by atoms with Gasteiger partial charge in [-0.3, -0.25) is 4.79 Å². The van der Waals surface area contributed by atoms with Crippen LogP contribution in [0.25, 0.3) is 0 Å². The van der Waals surface area contributed by atoms with E-state index in [2.05, 4.69) is 34.6 Å². The number of hydrogen-bond donors (Lipinski definition) is 2. The molecule has 8 nitrogen and oxygen atoms in total. The molecule has 27 heavy (non-hydrogen) atoms. The lowest BCUT2D eigenvalue weighted by Gasteiger charge is -2.59. The van der Waals surface area contributed by atoms with E-state index in [1.165, 1.54) is 0 Å². The maximum Gasteiger partial charge on any atom is 0.332 e. The highest BCUT2D eigenvalue weighted by Crippen LogP contribution is 2.66. The van der Waals surface area contributed by atoms with Gasteiger partial charge in [0.2, 0.25) is 0 Å². The molecule has 0 radical (unpaired) electrons. The van der Waals surface area contributed by atoms with Crippen molar-refractivity contribution in [3.63, 3.8) is 0 Å². The van der Waals surface area contributed by atoms with Crippen LogP contribution in [-0.2, 0) is 14.3 Å². The van der Waals surface area contributed by atoms with Crippen LogP contribution in [0.2, 0.25) is 0 Å². The van der Waals surface area contributed by atoms with Gasteiger partial charge in [0.1, 0.15) is 5.76 Å². The number of likely N-dealkylation sites (tertiary alicyclic amines) is 1. The number of nitrogens with zero attached hydrogens (tertiary/aromatic N) is 2. The summed E-state index contributed by atoms with van der Waals surface area (Å²) < 4.78 is 11.9. The molecule has 5 aliphatic rings. The molecule has 2 heterocycles. The molecule has 5 rings (SSSR count). The average molecular weight is 370 g/mol. The number of ketones is 1. The smallest absolute Gasteiger partial charge is 0.332 e. The van der Waals surface area contributed by atoms with Gasteiger partial charge >= 0.3 is 6.03 Å². The Morgan fingerprint density at radius 1 is 1.48 bits per heavy atom. The highest BCUT2D eigenvalue weighted by molar-refractivity contribution is 5.96. The molecule has 2 amide bonds. The molecule has 1 spiro atoms. The van der Waals surface area contributed by atoms with E-state index in [1.807, 2.05) is 6.08 Å². The fourth-order valence-electron chi connectivity index (χ4n) is 5.94. The van der Waals surface area contributed by atoms with Gasteiger partial charge < -0.3 is 20.1 Å². The number of rotatable bonds is 3. The van der Waals surface area contributed by atoms with E-state index in [-0.39, 0.29) is 17.1 Å². The molecule has 2 saturated heterocycles. The van der Waals surface area contributed by atoms with Crippen molar-refractivity contribution in [3.8, 4) is 0 Å². The number of ether oxygens (including phenoxy) is 2. The number of carbonyl (C=O) groups is 2. The summed E-state index contributed by atoms with van der Waals surface area (Å²) in [7, 11) is 2.17. The van der Waals surface area contributed by atoms with Gasteiger partial charge in [-0.15, -0.1) is 5.10 Å². The summed E-state index contributed by atoms with van der Waals surface area (Å²) in [6.45, 7) is 0.961. The van der Waals surface area contributed by atoms with Crippen LogP contribution in [0, 0.1) is 23.2 Å². The molecule has 0 aromatic carbocycles. The molecular formula is C19H22N4O4. The van der Waals surface area contributed by atoms with Crippen LogP contribution in [0.15, 0.2) is 40.9 Å². The van der Waals surface area contributed by atoms with E-state index >= 15 is 0 Å². The topological polar surface area (TPSA) is 106 Å². The minimum Gasteiger partial charge on any atom is -0.482 e. The van der Waals surface area contributed by atoms with Gasteiger partial charge in [0.15, 0.2) is 24.0 Å². The number of nitrogens with two attached hydrogens (primary N) is 1. The maximum absolute atomic E-state index is 12.7. The summed E-state index contributed by atoms with van der Waals surface area (Å²) in [6, 6.07) is -0.346. The van der Waals surface area contributed by atoms with Gasteiger partial charge in [-0.1, -0.05) is 12.2 Å². The zero-order valence-corrected chi connectivity index (χ0v) is 15.0. The van der Waals surface area contributed by atoms with Crippen molar-refractivity contribution < 1.29 is 19.1 Å². The van der Waals surface area contributed by atoms with Crippen LogP contribution in [0.3, 0.4) is 0 Å². The van der Waals surface area contributed by atoms with Crippen molar-refractivity contribution >= 4 is 18.2 Å². The Hall–Kier alpha value is -2.61. The summed E-state index contributed by atoms with van der Waals surface area (Å²) >= 11 is 0. The van der Waals surface area contributed by atoms with Crippen molar-refractivity contribution in [1.82, 2.24) is 10.3 Å². The number of amides is 2. The molecule has 2 aliphatic heterocycles. The summed E-state index contributed by atoms with van der Waals surface area (Å²) in [5.41, 5.74) is 6.87. The predicted octanol–water partition coefficient (Wildman–Crippen LogP) is 0.877. The SMILES string of the molecule is CN1CC[C@@]23C4C5=C(OC=NNC(N)=O)C=CC4C[C@@H]1[C@@H]2C=CC(=O)[C@@H]3O5. The molecule has 3 fully saturated rings. The molecule has 142 valence electrons. The van der Waals surface area contributed by atoms with Crippen molar-refractivity contribution in [2.75, 3.05) is 13.6 Å². The number of piperidine rings is 1. The largest absolute Gasteiger partial charge is 0.482 e. The molecule has 3 N–H and O–H groups in total. The fourth-order valence-corrected chi connectivity index (χ4v) is 5.94. The molecule has 8 heteroatoms. The van der Waals surface area contributed by atoms with E-state index in [4.69, 9.17) is 15.2 Å². The van der Waals surface area contributed by atoms with E-state index in [0.717, 1.165) is 31.5 Å². The molecule has 3 aliphatic carbocycles. The van der Waals surface area contributed by atoms with Gasteiger partial charge in [-0.25, -0.2) is 10.2 Å². The number of hydrogen-bond acceptors (Lipinski definition) is 6. The highest BCUT2D eigenvalue weighted by Gasteiger charge is 2.69. The number of hydrazone groups is 1. The van der Waals surface area contributed by atoms with E-state index < -0.39 is 12.1 Å². The highest BCUT2D eigenvalue weighted by atomic mass is 16.5. The Morgan fingerprint density at radius 2 is 2.33 bits per heavy atom. The number of primary amides is 1. The fraction of sp³-hybridized carbons (Fsp3) is 0.526. The molecule has 1 saturated carbocycles. The van der Waals surface area contributed by atoms with E-state index in [0.29, 0.717) is 23.6 Å². The molecule has 2 unspecified atom stereocenters. The molecular weight excluding hydrogens is 348 g/mol. The third-order valence-corrected chi connectivity index (χ3v) is 6.91. The lowest BCUT2D eigenvalue weighted by Crippen LogP contribution is -2.64. The third-order valence-electron chi connectivity index (χ3n) is 6.91. The van der Waals surface area contributed by atoms with Gasteiger partial charge in [-0.2, -0.15) is 0 Å². The van der Waals surface area contributed by atoms with Gasteiger partial charge in [0, 0.05) is 23.3 Å². The van der Waals surface area contributed by atoms with Crippen LogP contribution in [0.1, 0.15) is 12.8 Å². The lowest BCUT2D eigenvalue weighted by molar-refractivity contribution is -0.140. The van der Waals surface area contributed by atoms with Crippen LogP contribution >= 0.6 is 0 Å². The van der Waals surface area contributed by atoms with E-state index in [1.54, 1.807) is 6.08 Å². The van der Waals surface area contributed by atoms with Crippen molar-refractivity contribution in [1.29, 1.82) is 0 Å². The first-order valence-corrected chi connectivity index (χ1v) is 9.27. The second-order valence-electron chi connectivity index (χ2n) is 7.99. The summed E-state index contributed by atoms with van der Waals surface area (Å²) in [5.74, 6) is 2.07. The van der Waals surface area contributed by atoms with Gasteiger partial charge in [0.25, 0.3) is 0 Å². The summed E-state index contributed by atoms with van der Waals surface area (Å²) in [5, 5.41) is 3.62. The maximum atomic E-state index is 12.7. The molecule has 2 bridgehead atoms. The van der Waals surface area contributed by atoms with Gasteiger partial charge in [0.05, 0.1) is 0 Å². The van der Waals surface area contributed by atoms with E-state index in [9.17, 15) is 9.59 Å². The lowest BCUT2D eigenvalue weighted by atomic mass is 9.48. The first-order valence-electron chi connectivity index (χ1n) is 9.27.